The van der Waals surface area contributed by atoms with Crippen molar-refractivity contribution in [1.29, 1.82) is 5.26 Å². The van der Waals surface area contributed by atoms with Crippen LogP contribution in [0.3, 0.4) is 0 Å². The van der Waals surface area contributed by atoms with Gasteiger partial charge in [0.25, 0.3) is 0 Å². The number of aryl methyl sites for hydroxylation is 2. The van der Waals surface area contributed by atoms with E-state index in [-0.39, 0.29) is 5.91 Å². The lowest BCUT2D eigenvalue weighted by molar-refractivity contribution is -0.115. The molecule has 0 saturated heterocycles. The van der Waals surface area contributed by atoms with Gasteiger partial charge in [-0.15, -0.1) is 0 Å². The van der Waals surface area contributed by atoms with Crippen LogP contribution in [0.15, 0.2) is 42.5 Å². The van der Waals surface area contributed by atoms with Gasteiger partial charge >= 0.3 is 0 Å². The molecule has 0 unspecified atom stereocenters. The third-order valence-corrected chi connectivity index (χ3v) is 3.25. The topological polar surface area (TPSA) is 52.9 Å². The molecule has 0 radical (unpaired) electrons. The first-order valence-electron chi connectivity index (χ1n) is 6.45. The summed E-state index contributed by atoms with van der Waals surface area (Å²) in [5.74, 6) is -0.0718. The molecule has 0 aliphatic heterocycles. The Hall–Kier alpha value is -2.60. The van der Waals surface area contributed by atoms with Crippen LogP contribution in [0.1, 0.15) is 22.3 Å². The van der Waals surface area contributed by atoms with Crippen LogP contribution in [0, 0.1) is 25.2 Å². The Morgan fingerprint density at radius 3 is 2.60 bits per heavy atom. The molecule has 2 aromatic rings. The van der Waals surface area contributed by atoms with E-state index >= 15 is 0 Å². The number of hydrogen-bond acceptors (Lipinski definition) is 2. The predicted octanol–water partition coefficient (Wildman–Crippen LogP) is 3.36. The summed E-state index contributed by atoms with van der Waals surface area (Å²) in [7, 11) is 0. The summed E-state index contributed by atoms with van der Waals surface area (Å²) in [6, 6.07) is 15.2. The normalized spacial score (nSPS) is 9.85. The molecule has 2 aromatic carbocycles. The van der Waals surface area contributed by atoms with Gasteiger partial charge in [-0.2, -0.15) is 5.26 Å². The quantitative estimate of drug-likeness (QED) is 0.924. The number of rotatable bonds is 3. The summed E-state index contributed by atoms with van der Waals surface area (Å²) in [5.41, 5.74) is 4.30. The Kier molecular flexibility index (Phi) is 4.17. The maximum atomic E-state index is 12.1. The van der Waals surface area contributed by atoms with Crippen LogP contribution in [0.5, 0.6) is 0 Å². The highest BCUT2D eigenvalue weighted by Crippen LogP contribution is 2.17. The number of carbonyl (C=O) groups is 1. The van der Waals surface area contributed by atoms with E-state index in [1.807, 2.05) is 44.2 Å². The Balaban J connectivity index is 2.13. The van der Waals surface area contributed by atoms with Crippen LogP contribution >= 0.6 is 0 Å². The standard InChI is InChI=1S/C17H16N2O/c1-12-5-3-4-6-15(12)10-17(20)19-16-9-14(11-18)8-7-13(16)2/h3-9H,10H2,1-2H3,(H,19,20). The zero-order chi connectivity index (χ0) is 14.5. The van der Waals surface area contributed by atoms with E-state index in [0.717, 1.165) is 16.7 Å². The average molecular weight is 264 g/mol. The van der Waals surface area contributed by atoms with Crippen molar-refractivity contribution in [3.8, 4) is 6.07 Å². The molecule has 100 valence electrons. The molecule has 0 fully saturated rings. The Labute approximate surface area is 118 Å². The number of benzene rings is 2. The first-order valence-corrected chi connectivity index (χ1v) is 6.45. The van der Waals surface area contributed by atoms with Crippen LogP contribution in [-0.2, 0) is 11.2 Å². The first-order chi connectivity index (χ1) is 9.60. The fourth-order valence-electron chi connectivity index (χ4n) is 2.00. The minimum Gasteiger partial charge on any atom is -0.326 e. The fraction of sp³-hybridized carbons (Fsp3) is 0.176. The van der Waals surface area contributed by atoms with Crippen molar-refractivity contribution < 1.29 is 4.79 Å². The van der Waals surface area contributed by atoms with Crippen molar-refractivity contribution in [1.82, 2.24) is 0 Å². The highest BCUT2D eigenvalue weighted by atomic mass is 16.1. The third kappa shape index (κ3) is 3.24. The van der Waals surface area contributed by atoms with Crippen LogP contribution in [-0.4, -0.2) is 5.91 Å². The summed E-state index contributed by atoms with van der Waals surface area (Å²) in [6.07, 6.45) is 0.336. The molecule has 0 spiro atoms. The van der Waals surface area contributed by atoms with Gasteiger partial charge < -0.3 is 5.32 Å². The number of anilines is 1. The SMILES string of the molecule is Cc1ccccc1CC(=O)Nc1cc(C#N)ccc1C. The molecule has 0 saturated carbocycles. The molecule has 2 rings (SSSR count). The van der Waals surface area contributed by atoms with Gasteiger partial charge in [0.2, 0.25) is 5.91 Å². The highest BCUT2D eigenvalue weighted by Gasteiger charge is 2.08. The molecule has 0 aromatic heterocycles. The minimum atomic E-state index is -0.0718. The summed E-state index contributed by atoms with van der Waals surface area (Å²) in [6.45, 7) is 3.90. The van der Waals surface area contributed by atoms with Crippen molar-refractivity contribution in [3.05, 3.63) is 64.7 Å². The molecular formula is C17H16N2O. The number of nitrogens with zero attached hydrogens (tertiary/aromatic N) is 1. The lowest BCUT2D eigenvalue weighted by atomic mass is 10.1. The lowest BCUT2D eigenvalue weighted by Gasteiger charge is -2.10. The fourth-order valence-corrected chi connectivity index (χ4v) is 2.00. The third-order valence-electron chi connectivity index (χ3n) is 3.25. The van der Waals surface area contributed by atoms with Gasteiger partial charge in [0.1, 0.15) is 0 Å². The number of hydrogen-bond donors (Lipinski definition) is 1. The largest absolute Gasteiger partial charge is 0.326 e. The van der Waals surface area contributed by atoms with E-state index in [2.05, 4.69) is 11.4 Å². The van der Waals surface area contributed by atoms with Gasteiger partial charge in [0.05, 0.1) is 18.1 Å². The molecule has 1 N–H and O–H groups in total. The van der Waals surface area contributed by atoms with E-state index in [0.29, 0.717) is 17.7 Å². The molecule has 0 heterocycles. The summed E-state index contributed by atoms with van der Waals surface area (Å²) in [5, 5.41) is 11.8. The maximum absolute atomic E-state index is 12.1. The van der Waals surface area contributed by atoms with Crippen LogP contribution in [0.25, 0.3) is 0 Å². The molecule has 0 bridgehead atoms. The van der Waals surface area contributed by atoms with Gasteiger partial charge in [0, 0.05) is 5.69 Å². The number of nitriles is 1. The van der Waals surface area contributed by atoms with Gasteiger partial charge in [-0.25, -0.2) is 0 Å². The lowest BCUT2D eigenvalue weighted by Crippen LogP contribution is -2.15. The zero-order valence-electron chi connectivity index (χ0n) is 11.6. The summed E-state index contributed by atoms with van der Waals surface area (Å²) in [4.78, 5) is 12.1. The Morgan fingerprint density at radius 1 is 1.15 bits per heavy atom. The molecule has 0 atom stereocenters. The van der Waals surface area contributed by atoms with Crippen molar-refractivity contribution >= 4 is 11.6 Å². The van der Waals surface area contributed by atoms with E-state index < -0.39 is 0 Å². The van der Waals surface area contributed by atoms with Crippen LogP contribution < -0.4 is 5.32 Å². The molecule has 0 aliphatic rings. The zero-order valence-corrected chi connectivity index (χ0v) is 11.6. The van der Waals surface area contributed by atoms with Crippen molar-refractivity contribution in [2.45, 2.75) is 20.3 Å². The van der Waals surface area contributed by atoms with Crippen LogP contribution in [0.4, 0.5) is 5.69 Å². The molecule has 1 amide bonds. The monoisotopic (exact) mass is 264 g/mol. The number of amides is 1. The van der Waals surface area contributed by atoms with Crippen molar-refractivity contribution in [2.75, 3.05) is 5.32 Å². The summed E-state index contributed by atoms with van der Waals surface area (Å²) < 4.78 is 0. The first kappa shape index (κ1) is 13.8. The Bertz CT molecular complexity index is 684. The van der Waals surface area contributed by atoms with Crippen LogP contribution in [0.2, 0.25) is 0 Å². The second-order valence-electron chi connectivity index (χ2n) is 4.79. The van der Waals surface area contributed by atoms with E-state index in [1.54, 1.807) is 12.1 Å². The van der Waals surface area contributed by atoms with Gasteiger partial charge in [-0.3, -0.25) is 4.79 Å². The van der Waals surface area contributed by atoms with E-state index in [9.17, 15) is 4.79 Å². The van der Waals surface area contributed by atoms with Gasteiger partial charge in [0.15, 0.2) is 0 Å². The average Bonchev–Trinajstić information content (AvgIpc) is 2.44. The molecule has 3 heteroatoms. The molecule has 3 nitrogen and oxygen atoms in total. The molecule has 20 heavy (non-hydrogen) atoms. The minimum absolute atomic E-state index is 0.0718. The predicted molar refractivity (Wildman–Crippen MR) is 79.4 cm³/mol. The number of nitrogens with one attached hydrogen (secondary N) is 1. The highest BCUT2D eigenvalue weighted by molar-refractivity contribution is 5.93. The second kappa shape index (κ2) is 6.03. The molecular weight excluding hydrogens is 248 g/mol. The van der Waals surface area contributed by atoms with Gasteiger partial charge in [-0.1, -0.05) is 30.3 Å². The molecule has 0 aliphatic carbocycles. The second-order valence-corrected chi connectivity index (χ2v) is 4.79. The smallest absolute Gasteiger partial charge is 0.228 e. The maximum Gasteiger partial charge on any atom is 0.228 e. The van der Waals surface area contributed by atoms with Crippen molar-refractivity contribution in [3.63, 3.8) is 0 Å². The summed E-state index contributed by atoms with van der Waals surface area (Å²) >= 11 is 0. The van der Waals surface area contributed by atoms with Gasteiger partial charge in [-0.05, 0) is 42.7 Å². The van der Waals surface area contributed by atoms with Crippen molar-refractivity contribution in [2.24, 2.45) is 0 Å². The number of carbonyl (C=O) groups excluding carboxylic acids is 1. The van der Waals surface area contributed by atoms with E-state index in [1.165, 1.54) is 0 Å². The van der Waals surface area contributed by atoms with E-state index in [4.69, 9.17) is 5.26 Å². The Morgan fingerprint density at radius 2 is 1.90 bits per heavy atom.